The largest absolute Gasteiger partial charge is 0.491 e. The van der Waals surface area contributed by atoms with Gasteiger partial charge < -0.3 is 25.0 Å². The highest BCUT2D eigenvalue weighted by Gasteiger charge is 2.23. The van der Waals surface area contributed by atoms with Gasteiger partial charge in [0.1, 0.15) is 18.0 Å². The van der Waals surface area contributed by atoms with Gasteiger partial charge in [-0.15, -0.1) is 0 Å². The molecule has 1 aliphatic heterocycles. The number of benzene rings is 2. The third-order valence-electron chi connectivity index (χ3n) is 7.39. The fourth-order valence-electron chi connectivity index (χ4n) is 5.09. The Bertz CT molecular complexity index is 1100. The Balaban J connectivity index is 1.18. The molecule has 1 saturated carbocycles. The lowest BCUT2D eigenvalue weighted by Crippen LogP contribution is -2.42. The summed E-state index contributed by atoms with van der Waals surface area (Å²) in [6.45, 7) is 1.58. The molecule has 1 heterocycles. The van der Waals surface area contributed by atoms with Gasteiger partial charge in [-0.25, -0.2) is 4.99 Å². The molecule has 0 radical (unpaired) electrons. The van der Waals surface area contributed by atoms with Crippen LogP contribution in [0.5, 0.6) is 5.75 Å². The minimum atomic E-state index is -0.273. The number of nitrogens with two attached hydrogens (primary N) is 1. The number of guanidine groups is 1. The quantitative estimate of drug-likeness (QED) is 0.289. The Hall–Kier alpha value is -3.55. The molecule has 0 unspecified atom stereocenters. The van der Waals surface area contributed by atoms with Crippen molar-refractivity contribution in [3.8, 4) is 5.75 Å². The number of amides is 1. The second-order valence-electron chi connectivity index (χ2n) is 10.2. The molecule has 0 atom stereocenters. The molecule has 4 rings (SSSR count). The van der Waals surface area contributed by atoms with Crippen LogP contribution in [-0.4, -0.2) is 49.5 Å². The number of aliphatic imine (C=N–C) groups is 1. The van der Waals surface area contributed by atoms with Crippen molar-refractivity contribution in [2.75, 3.05) is 31.7 Å². The van der Waals surface area contributed by atoms with E-state index < -0.39 is 0 Å². The minimum absolute atomic E-state index is 0.0860. The number of hydrogen-bond donors (Lipinski definition) is 1. The summed E-state index contributed by atoms with van der Waals surface area (Å²) in [6, 6.07) is 15.5. The average Bonchev–Trinajstić information content (AvgIpc) is 3.45. The normalized spacial score (nSPS) is 15.1. The van der Waals surface area contributed by atoms with E-state index in [2.05, 4.69) is 4.99 Å². The van der Waals surface area contributed by atoms with E-state index in [1.165, 1.54) is 25.7 Å². The van der Waals surface area contributed by atoms with Gasteiger partial charge >= 0.3 is 5.97 Å². The third kappa shape index (κ3) is 7.73. The zero-order valence-electron chi connectivity index (χ0n) is 22.4. The molecule has 1 fully saturated rings. The molecule has 0 spiro atoms. The van der Waals surface area contributed by atoms with Crippen molar-refractivity contribution in [2.45, 2.75) is 64.3 Å². The van der Waals surface area contributed by atoms with Crippen molar-refractivity contribution in [1.82, 2.24) is 4.90 Å². The topological polar surface area (TPSA) is 97.5 Å². The van der Waals surface area contributed by atoms with Gasteiger partial charge in [-0.05, 0) is 49.8 Å². The molecule has 2 aromatic rings. The molecule has 204 valence electrons. The maximum absolute atomic E-state index is 12.4. The standard InChI is InChI=1S/C30H40N4O4/c1-33(25-14-4-2-5-15-25)27(35)17-6-3-9-19-37-26-16-10-13-24-21-34(30(31)32-29(24)26)22-28(36)38-20-18-23-11-7-8-12-23/h2,4-5,10,13-16,23H,3,6-9,11-12,17-22H2,1H3,(H2,31,32). The Morgan fingerprint density at radius 3 is 2.61 bits per heavy atom. The van der Waals surface area contributed by atoms with Gasteiger partial charge in [-0.2, -0.15) is 0 Å². The van der Waals surface area contributed by atoms with Crippen molar-refractivity contribution in [3.05, 3.63) is 54.1 Å². The van der Waals surface area contributed by atoms with Gasteiger partial charge in [0.05, 0.1) is 13.2 Å². The van der Waals surface area contributed by atoms with Crippen LogP contribution in [0.3, 0.4) is 0 Å². The first-order chi connectivity index (χ1) is 18.5. The third-order valence-corrected chi connectivity index (χ3v) is 7.39. The minimum Gasteiger partial charge on any atom is -0.491 e. The molecule has 2 aromatic carbocycles. The highest BCUT2D eigenvalue weighted by Crippen LogP contribution is 2.35. The van der Waals surface area contributed by atoms with Crippen molar-refractivity contribution < 1.29 is 19.1 Å². The number of unbranched alkanes of at least 4 members (excludes halogenated alkanes) is 2. The number of hydrogen-bond acceptors (Lipinski definition) is 7. The average molecular weight is 521 g/mol. The van der Waals surface area contributed by atoms with Gasteiger partial charge in [0, 0.05) is 31.3 Å². The number of anilines is 1. The summed E-state index contributed by atoms with van der Waals surface area (Å²) >= 11 is 0. The zero-order chi connectivity index (χ0) is 26.7. The monoisotopic (exact) mass is 520 g/mol. The van der Waals surface area contributed by atoms with Gasteiger partial charge in [-0.1, -0.05) is 56.0 Å². The number of para-hydroxylation sites is 2. The summed E-state index contributed by atoms with van der Waals surface area (Å²) in [5.74, 6) is 1.51. The Morgan fingerprint density at radius 2 is 1.82 bits per heavy atom. The van der Waals surface area contributed by atoms with E-state index in [4.69, 9.17) is 15.2 Å². The Morgan fingerprint density at radius 1 is 1.03 bits per heavy atom. The molecule has 2 aliphatic rings. The van der Waals surface area contributed by atoms with Crippen molar-refractivity contribution in [3.63, 3.8) is 0 Å². The lowest BCUT2D eigenvalue weighted by atomic mass is 10.1. The summed E-state index contributed by atoms with van der Waals surface area (Å²) in [5.41, 5.74) is 8.79. The van der Waals surface area contributed by atoms with Crippen molar-refractivity contribution in [2.24, 2.45) is 16.6 Å². The van der Waals surface area contributed by atoms with E-state index in [0.29, 0.717) is 43.8 Å². The molecule has 1 amide bonds. The van der Waals surface area contributed by atoms with E-state index in [0.717, 1.165) is 42.6 Å². The van der Waals surface area contributed by atoms with Crippen LogP contribution in [0.25, 0.3) is 0 Å². The van der Waals surface area contributed by atoms with Crippen LogP contribution in [-0.2, 0) is 20.9 Å². The number of rotatable bonds is 13. The van der Waals surface area contributed by atoms with Crippen LogP contribution in [0.1, 0.15) is 63.4 Å². The van der Waals surface area contributed by atoms with E-state index in [1.807, 2.05) is 55.6 Å². The first kappa shape index (κ1) is 27.5. The Kier molecular flexibility index (Phi) is 10.0. The lowest BCUT2D eigenvalue weighted by Gasteiger charge is -2.28. The number of fused-ring (bicyclic) bond motifs is 1. The van der Waals surface area contributed by atoms with Crippen LogP contribution in [0.2, 0.25) is 0 Å². The summed E-state index contributed by atoms with van der Waals surface area (Å²) < 4.78 is 11.5. The van der Waals surface area contributed by atoms with Crippen LogP contribution < -0.4 is 15.4 Å². The molecule has 0 saturated heterocycles. The van der Waals surface area contributed by atoms with Crippen LogP contribution in [0.15, 0.2) is 53.5 Å². The number of carbonyl (C=O) groups is 2. The zero-order valence-corrected chi connectivity index (χ0v) is 22.4. The van der Waals surface area contributed by atoms with Gasteiger partial charge in [0.15, 0.2) is 5.96 Å². The van der Waals surface area contributed by atoms with Gasteiger partial charge in [-0.3, -0.25) is 9.59 Å². The first-order valence-electron chi connectivity index (χ1n) is 13.8. The summed E-state index contributed by atoms with van der Waals surface area (Å²) in [6.07, 6.45) is 9.06. The maximum atomic E-state index is 12.4. The fraction of sp³-hybridized carbons (Fsp3) is 0.500. The second kappa shape index (κ2) is 13.8. The number of ether oxygens (including phenoxy) is 2. The smallest absolute Gasteiger partial charge is 0.325 e. The summed E-state index contributed by atoms with van der Waals surface area (Å²) in [7, 11) is 1.81. The van der Waals surface area contributed by atoms with Crippen LogP contribution >= 0.6 is 0 Å². The Labute approximate surface area is 225 Å². The first-order valence-corrected chi connectivity index (χ1v) is 13.8. The fourth-order valence-corrected chi connectivity index (χ4v) is 5.09. The predicted octanol–water partition coefficient (Wildman–Crippen LogP) is 5.17. The molecular formula is C30H40N4O4. The maximum Gasteiger partial charge on any atom is 0.325 e. The highest BCUT2D eigenvalue weighted by atomic mass is 16.5. The SMILES string of the molecule is CN(C(=O)CCCCCOc1cccc2c1N=C(N)N(CC(=O)OCCC1CCCC1)C2)c1ccccc1. The predicted molar refractivity (Wildman–Crippen MR) is 149 cm³/mol. The lowest BCUT2D eigenvalue weighted by molar-refractivity contribution is -0.144. The molecule has 0 bridgehead atoms. The molecule has 2 N–H and O–H groups in total. The molecule has 8 heteroatoms. The van der Waals surface area contributed by atoms with Crippen molar-refractivity contribution in [1.29, 1.82) is 0 Å². The molecule has 8 nitrogen and oxygen atoms in total. The number of carbonyl (C=O) groups excluding carboxylic acids is 2. The number of nitrogens with zero attached hydrogens (tertiary/aromatic N) is 3. The van der Waals surface area contributed by atoms with E-state index >= 15 is 0 Å². The van der Waals surface area contributed by atoms with Gasteiger partial charge in [0.2, 0.25) is 5.91 Å². The van der Waals surface area contributed by atoms with Gasteiger partial charge in [0.25, 0.3) is 0 Å². The second-order valence-corrected chi connectivity index (χ2v) is 10.2. The number of esters is 1. The summed E-state index contributed by atoms with van der Waals surface area (Å²) in [5, 5.41) is 0. The summed E-state index contributed by atoms with van der Waals surface area (Å²) in [4.78, 5) is 32.8. The molecule has 1 aliphatic carbocycles. The van der Waals surface area contributed by atoms with Crippen molar-refractivity contribution >= 4 is 29.2 Å². The van der Waals surface area contributed by atoms with Crippen LogP contribution in [0.4, 0.5) is 11.4 Å². The van der Waals surface area contributed by atoms with Crippen LogP contribution in [0, 0.1) is 5.92 Å². The van der Waals surface area contributed by atoms with E-state index in [1.54, 1.807) is 9.80 Å². The van der Waals surface area contributed by atoms with E-state index in [-0.39, 0.29) is 18.4 Å². The molecule has 0 aromatic heterocycles. The van der Waals surface area contributed by atoms with E-state index in [9.17, 15) is 9.59 Å². The highest BCUT2D eigenvalue weighted by molar-refractivity contribution is 5.92. The molecule has 38 heavy (non-hydrogen) atoms. The molecular weight excluding hydrogens is 480 g/mol.